The fourth-order valence-corrected chi connectivity index (χ4v) is 2.08. The van der Waals surface area contributed by atoms with Gasteiger partial charge in [-0.3, -0.25) is 4.79 Å². The monoisotopic (exact) mass is 324 g/mol. The fourth-order valence-electron chi connectivity index (χ4n) is 2.08. The van der Waals surface area contributed by atoms with Crippen molar-refractivity contribution in [2.45, 2.75) is 31.9 Å². The number of amides is 1. The molecule has 1 aromatic rings. The minimum atomic E-state index is -3.09. The molecule has 2 rings (SSSR count). The van der Waals surface area contributed by atoms with Gasteiger partial charge in [-0.2, -0.15) is 8.78 Å². The Morgan fingerprint density at radius 3 is 2.71 bits per heavy atom. The number of anilines is 1. The van der Waals surface area contributed by atoms with Gasteiger partial charge in [0.25, 0.3) is 0 Å². The van der Waals surface area contributed by atoms with Crippen molar-refractivity contribution < 1.29 is 22.7 Å². The Bertz CT molecular complexity index is 482. The van der Waals surface area contributed by atoms with Crippen molar-refractivity contribution in [2.75, 3.05) is 11.9 Å². The number of piperidine rings is 1. The first-order valence-electron chi connectivity index (χ1n) is 6.35. The van der Waals surface area contributed by atoms with Gasteiger partial charge in [0, 0.05) is 11.8 Å². The molecule has 1 aliphatic rings. The molecule has 4 nitrogen and oxygen atoms in total. The average Bonchev–Trinajstić information content (AvgIpc) is 2.42. The summed E-state index contributed by atoms with van der Waals surface area (Å²) in [7, 11) is 0. The SMILES string of the molecule is Cl.O=C(Nc1ccc(OC(F)F)c(F)c1)[C@@H]1CCCCN1. The van der Waals surface area contributed by atoms with Gasteiger partial charge in [-0.05, 0) is 31.5 Å². The zero-order chi connectivity index (χ0) is 14.5. The van der Waals surface area contributed by atoms with E-state index in [9.17, 15) is 18.0 Å². The maximum absolute atomic E-state index is 13.5. The van der Waals surface area contributed by atoms with Crippen LogP contribution in [0.15, 0.2) is 18.2 Å². The largest absolute Gasteiger partial charge is 0.432 e. The Kier molecular flexibility index (Phi) is 6.77. The number of nitrogens with one attached hydrogen (secondary N) is 2. The van der Waals surface area contributed by atoms with Gasteiger partial charge >= 0.3 is 6.61 Å². The van der Waals surface area contributed by atoms with Gasteiger partial charge in [0.1, 0.15) is 0 Å². The predicted molar refractivity (Wildman–Crippen MR) is 74.6 cm³/mol. The van der Waals surface area contributed by atoms with Crippen LogP contribution in [0, 0.1) is 5.82 Å². The van der Waals surface area contributed by atoms with E-state index >= 15 is 0 Å². The molecule has 8 heteroatoms. The number of halogens is 4. The number of carbonyl (C=O) groups excluding carboxylic acids is 1. The summed E-state index contributed by atoms with van der Waals surface area (Å²) in [5.41, 5.74) is 0.210. The highest BCUT2D eigenvalue weighted by molar-refractivity contribution is 5.94. The van der Waals surface area contributed by atoms with Gasteiger partial charge in [0.2, 0.25) is 5.91 Å². The summed E-state index contributed by atoms with van der Waals surface area (Å²) in [5.74, 6) is -1.75. The minimum absolute atomic E-state index is 0. The van der Waals surface area contributed by atoms with Crippen LogP contribution in [0.25, 0.3) is 0 Å². The second-order valence-electron chi connectivity index (χ2n) is 4.52. The molecule has 118 valence electrons. The van der Waals surface area contributed by atoms with Crippen molar-refractivity contribution in [3.8, 4) is 5.75 Å². The second-order valence-corrected chi connectivity index (χ2v) is 4.52. The molecular formula is C13H16ClF3N2O2. The molecule has 0 aromatic heterocycles. The minimum Gasteiger partial charge on any atom is -0.432 e. The Morgan fingerprint density at radius 2 is 2.14 bits per heavy atom. The first-order chi connectivity index (χ1) is 9.56. The van der Waals surface area contributed by atoms with E-state index in [0.29, 0.717) is 0 Å². The molecule has 2 N–H and O–H groups in total. The first-order valence-corrected chi connectivity index (χ1v) is 6.35. The van der Waals surface area contributed by atoms with Crippen LogP contribution in [0.1, 0.15) is 19.3 Å². The van der Waals surface area contributed by atoms with Crippen molar-refractivity contribution in [2.24, 2.45) is 0 Å². The second kappa shape index (κ2) is 8.09. The Balaban J connectivity index is 0.00000220. The van der Waals surface area contributed by atoms with Crippen molar-refractivity contribution in [1.29, 1.82) is 0 Å². The van der Waals surface area contributed by atoms with E-state index in [-0.39, 0.29) is 30.0 Å². The standard InChI is InChI=1S/C13H15F3N2O2.ClH/c14-9-7-8(4-5-11(9)20-13(15)16)18-12(19)10-3-1-2-6-17-10;/h4-5,7,10,13,17H,1-3,6H2,(H,18,19);1H/t10-;/m0./s1. The zero-order valence-corrected chi connectivity index (χ0v) is 11.9. The van der Waals surface area contributed by atoms with Gasteiger partial charge in [-0.1, -0.05) is 6.42 Å². The molecule has 0 bridgehead atoms. The summed E-state index contributed by atoms with van der Waals surface area (Å²) >= 11 is 0. The molecule has 0 saturated carbocycles. The summed E-state index contributed by atoms with van der Waals surface area (Å²) in [4.78, 5) is 11.9. The van der Waals surface area contributed by atoms with E-state index in [4.69, 9.17) is 0 Å². The third-order valence-corrected chi connectivity index (χ3v) is 3.04. The molecule has 0 radical (unpaired) electrons. The van der Waals surface area contributed by atoms with Crippen LogP contribution >= 0.6 is 12.4 Å². The van der Waals surface area contributed by atoms with E-state index in [1.54, 1.807) is 0 Å². The highest BCUT2D eigenvalue weighted by Gasteiger charge is 2.20. The molecule has 0 unspecified atom stereocenters. The van der Waals surface area contributed by atoms with Gasteiger partial charge in [-0.15, -0.1) is 12.4 Å². The van der Waals surface area contributed by atoms with Gasteiger partial charge in [-0.25, -0.2) is 4.39 Å². The lowest BCUT2D eigenvalue weighted by Crippen LogP contribution is -2.43. The lowest BCUT2D eigenvalue weighted by atomic mass is 10.0. The predicted octanol–water partition coefficient (Wildman–Crippen LogP) is 2.93. The topological polar surface area (TPSA) is 50.4 Å². The van der Waals surface area contributed by atoms with Gasteiger partial charge in [0.05, 0.1) is 6.04 Å². The zero-order valence-electron chi connectivity index (χ0n) is 11.1. The number of benzene rings is 1. The molecule has 21 heavy (non-hydrogen) atoms. The maximum atomic E-state index is 13.5. The number of hydrogen-bond donors (Lipinski definition) is 2. The highest BCUT2D eigenvalue weighted by Crippen LogP contribution is 2.23. The molecule has 1 atom stereocenters. The Hall–Kier alpha value is -1.47. The molecule has 1 saturated heterocycles. The molecule has 1 amide bonds. The van der Waals surface area contributed by atoms with E-state index in [1.807, 2.05) is 0 Å². The van der Waals surface area contributed by atoms with Crippen LogP contribution in [0.3, 0.4) is 0 Å². The van der Waals surface area contributed by atoms with E-state index in [2.05, 4.69) is 15.4 Å². The van der Waals surface area contributed by atoms with E-state index < -0.39 is 18.2 Å². The molecule has 0 aliphatic carbocycles. The van der Waals surface area contributed by atoms with Crippen LogP contribution in [0.2, 0.25) is 0 Å². The molecule has 1 fully saturated rings. The molecule has 1 aliphatic heterocycles. The molecule has 0 spiro atoms. The smallest absolute Gasteiger partial charge is 0.387 e. The number of ether oxygens (including phenoxy) is 1. The third-order valence-electron chi connectivity index (χ3n) is 3.04. The molecule has 1 heterocycles. The fraction of sp³-hybridized carbons (Fsp3) is 0.462. The van der Waals surface area contributed by atoms with E-state index in [0.717, 1.165) is 37.9 Å². The lowest BCUT2D eigenvalue weighted by molar-refractivity contribution is -0.118. The van der Waals surface area contributed by atoms with Crippen LogP contribution in [-0.4, -0.2) is 25.1 Å². The number of carbonyl (C=O) groups is 1. The molecule has 1 aromatic carbocycles. The Labute approximate surface area is 126 Å². The van der Waals surface area contributed by atoms with Crippen LogP contribution in [0.5, 0.6) is 5.75 Å². The Morgan fingerprint density at radius 1 is 1.38 bits per heavy atom. The third kappa shape index (κ3) is 5.09. The first kappa shape index (κ1) is 17.6. The highest BCUT2D eigenvalue weighted by atomic mass is 35.5. The summed E-state index contributed by atoms with van der Waals surface area (Å²) in [6.07, 6.45) is 2.71. The van der Waals surface area contributed by atoms with Crippen molar-refractivity contribution in [3.05, 3.63) is 24.0 Å². The van der Waals surface area contributed by atoms with E-state index in [1.165, 1.54) is 6.07 Å². The van der Waals surface area contributed by atoms with Crippen LogP contribution in [-0.2, 0) is 4.79 Å². The van der Waals surface area contributed by atoms with Gasteiger partial charge < -0.3 is 15.4 Å². The summed E-state index contributed by atoms with van der Waals surface area (Å²) in [6, 6.07) is 3.04. The van der Waals surface area contributed by atoms with Crippen LogP contribution < -0.4 is 15.4 Å². The quantitative estimate of drug-likeness (QED) is 0.895. The van der Waals surface area contributed by atoms with Crippen molar-refractivity contribution in [3.63, 3.8) is 0 Å². The van der Waals surface area contributed by atoms with Crippen molar-refractivity contribution >= 4 is 24.0 Å². The normalized spacial score (nSPS) is 18.0. The lowest BCUT2D eigenvalue weighted by Gasteiger charge is -2.22. The summed E-state index contributed by atoms with van der Waals surface area (Å²) < 4.78 is 41.4. The summed E-state index contributed by atoms with van der Waals surface area (Å²) in [5, 5.41) is 5.61. The van der Waals surface area contributed by atoms with Crippen molar-refractivity contribution in [1.82, 2.24) is 5.32 Å². The van der Waals surface area contributed by atoms with Gasteiger partial charge in [0.15, 0.2) is 11.6 Å². The average molecular weight is 325 g/mol. The summed E-state index contributed by atoms with van der Waals surface area (Å²) in [6.45, 7) is -2.32. The number of rotatable bonds is 4. The number of hydrogen-bond acceptors (Lipinski definition) is 3. The van der Waals surface area contributed by atoms with Crippen LogP contribution in [0.4, 0.5) is 18.9 Å². The molecular weight excluding hydrogens is 309 g/mol. The maximum Gasteiger partial charge on any atom is 0.387 e. The number of alkyl halides is 2.